The van der Waals surface area contributed by atoms with Gasteiger partial charge < -0.3 is 10.1 Å². The van der Waals surface area contributed by atoms with Crippen molar-refractivity contribution in [2.75, 3.05) is 12.4 Å². The van der Waals surface area contributed by atoms with Crippen molar-refractivity contribution in [1.82, 2.24) is 0 Å². The highest BCUT2D eigenvalue weighted by atomic mass is 16.5. The van der Waals surface area contributed by atoms with Crippen LogP contribution in [0.2, 0.25) is 0 Å². The van der Waals surface area contributed by atoms with Crippen molar-refractivity contribution in [2.24, 2.45) is 0 Å². The first-order valence-electron chi connectivity index (χ1n) is 6.54. The summed E-state index contributed by atoms with van der Waals surface area (Å²) >= 11 is 0. The highest BCUT2D eigenvalue weighted by Gasteiger charge is 2.03. The number of hydrogen-bond acceptors (Lipinski definition) is 2. The number of rotatable bonds is 4. The first-order chi connectivity index (χ1) is 9.08. The van der Waals surface area contributed by atoms with Gasteiger partial charge in [-0.2, -0.15) is 0 Å². The molecule has 0 amide bonds. The molecular weight excluding hydrogens is 234 g/mol. The van der Waals surface area contributed by atoms with Crippen LogP contribution in [0.15, 0.2) is 36.4 Å². The van der Waals surface area contributed by atoms with Gasteiger partial charge >= 0.3 is 0 Å². The van der Waals surface area contributed by atoms with Crippen molar-refractivity contribution in [2.45, 2.75) is 27.3 Å². The van der Waals surface area contributed by atoms with Crippen LogP contribution < -0.4 is 10.1 Å². The van der Waals surface area contributed by atoms with E-state index in [9.17, 15) is 0 Å². The minimum absolute atomic E-state index is 0.772. The molecule has 0 bridgehead atoms. The average Bonchev–Trinajstić information content (AvgIpc) is 2.35. The molecule has 0 aliphatic rings. The van der Waals surface area contributed by atoms with Crippen molar-refractivity contribution in [3.8, 4) is 5.75 Å². The Labute approximate surface area is 115 Å². The molecule has 0 unspecified atom stereocenters. The van der Waals surface area contributed by atoms with Crippen LogP contribution >= 0.6 is 0 Å². The molecule has 0 aromatic heterocycles. The molecule has 0 heterocycles. The quantitative estimate of drug-likeness (QED) is 0.882. The molecule has 0 spiro atoms. The van der Waals surface area contributed by atoms with Gasteiger partial charge in [-0.1, -0.05) is 23.8 Å². The Kier molecular flexibility index (Phi) is 4.10. The number of hydrogen-bond donors (Lipinski definition) is 1. The Morgan fingerprint density at radius 3 is 2.21 bits per heavy atom. The molecule has 0 aliphatic heterocycles. The van der Waals surface area contributed by atoms with Gasteiger partial charge in [0.15, 0.2) is 0 Å². The summed E-state index contributed by atoms with van der Waals surface area (Å²) in [4.78, 5) is 0. The second-order valence-corrected chi connectivity index (χ2v) is 5.05. The summed E-state index contributed by atoms with van der Waals surface area (Å²) in [5.41, 5.74) is 6.14. The highest BCUT2D eigenvalue weighted by Crippen LogP contribution is 2.21. The van der Waals surface area contributed by atoms with E-state index in [1.807, 2.05) is 6.07 Å². The lowest BCUT2D eigenvalue weighted by molar-refractivity contribution is 0.410. The molecule has 2 aromatic carbocycles. The third kappa shape index (κ3) is 3.50. The van der Waals surface area contributed by atoms with Crippen LogP contribution in [0.25, 0.3) is 0 Å². The van der Waals surface area contributed by atoms with Crippen molar-refractivity contribution in [3.05, 3.63) is 58.7 Å². The Morgan fingerprint density at radius 2 is 1.58 bits per heavy atom. The number of anilines is 1. The van der Waals surface area contributed by atoms with Crippen molar-refractivity contribution < 1.29 is 4.74 Å². The smallest absolute Gasteiger partial charge is 0.123 e. The fourth-order valence-electron chi connectivity index (χ4n) is 2.32. The first-order valence-corrected chi connectivity index (χ1v) is 6.54. The van der Waals surface area contributed by atoms with Crippen molar-refractivity contribution in [1.29, 1.82) is 0 Å². The fourth-order valence-corrected chi connectivity index (χ4v) is 2.32. The van der Waals surface area contributed by atoms with Crippen LogP contribution in [0.4, 0.5) is 5.69 Å². The van der Waals surface area contributed by atoms with Crippen LogP contribution in [0, 0.1) is 20.8 Å². The molecule has 0 aliphatic carbocycles. The predicted octanol–water partition coefficient (Wildman–Crippen LogP) is 4.23. The van der Waals surface area contributed by atoms with E-state index in [0.29, 0.717) is 0 Å². The molecule has 0 radical (unpaired) electrons. The van der Waals surface area contributed by atoms with Gasteiger partial charge in [0.2, 0.25) is 0 Å². The Balaban J connectivity index is 2.16. The van der Waals surface area contributed by atoms with E-state index >= 15 is 0 Å². The number of benzene rings is 2. The molecule has 2 rings (SSSR count). The Bertz CT molecular complexity index is 555. The molecule has 0 saturated carbocycles. The van der Waals surface area contributed by atoms with E-state index in [4.69, 9.17) is 4.74 Å². The van der Waals surface area contributed by atoms with Gasteiger partial charge in [-0.3, -0.25) is 0 Å². The molecule has 19 heavy (non-hydrogen) atoms. The maximum atomic E-state index is 5.40. The molecule has 2 nitrogen and oxygen atoms in total. The van der Waals surface area contributed by atoms with E-state index in [2.05, 4.69) is 56.4 Å². The van der Waals surface area contributed by atoms with Gasteiger partial charge in [0, 0.05) is 17.8 Å². The highest BCUT2D eigenvalue weighted by molar-refractivity contribution is 5.50. The predicted molar refractivity (Wildman–Crippen MR) is 81.0 cm³/mol. The van der Waals surface area contributed by atoms with E-state index in [1.54, 1.807) is 7.11 Å². The minimum atomic E-state index is 0.772. The van der Waals surface area contributed by atoms with E-state index in [-0.39, 0.29) is 0 Å². The standard InChI is InChI=1S/C17H21NO/c1-12-5-6-17(19-4)15(8-12)11-18-16-9-13(2)7-14(3)10-16/h5-10,18H,11H2,1-4H3. The summed E-state index contributed by atoms with van der Waals surface area (Å²) in [6, 6.07) is 12.8. The Hall–Kier alpha value is -1.96. The van der Waals surface area contributed by atoms with E-state index in [0.717, 1.165) is 18.0 Å². The monoisotopic (exact) mass is 255 g/mol. The summed E-state index contributed by atoms with van der Waals surface area (Å²) in [6.07, 6.45) is 0. The molecule has 0 fully saturated rings. The van der Waals surface area contributed by atoms with Crippen molar-refractivity contribution in [3.63, 3.8) is 0 Å². The zero-order chi connectivity index (χ0) is 13.8. The van der Waals surface area contributed by atoms with Crippen LogP contribution in [0.1, 0.15) is 22.3 Å². The maximum Gasteiger partial charge on any atom is 0.123 e. The molecule has 2 heteroatoms. The van der Waals surface area contributed by atoms with Crippen LogP contribution in [-0.2, 0) is 6.54 Å². The second kappa shape index (κ2) is 5.79. The van der Waals surface area contributed by atoms with Gasteiger partial charge in [-0.05, 0) is 50.1 Å². The number of methoxy groups -OCH3 is 1. The van der Waals surface area contributed by atoms with Gasteiger partial charge in [0.1, 0.15) is 5.75 Å². The summed E-state index contributed by atoms with van der Waals surface area (Å²) in [6.45, 7) is 7.10. The van der Waals surface area contributed by atoms with Crippen molar-refractivity contribution >= 4 is 5.69 Å². The van der Waals surface area contributed by atoms with Gasteiger partial charge in [0.05, 0.1) is 7.11 Å². The van der Waals surface area contributed by atoms with Gasteiger partial charge in [-0.15, -0.1) is 0 Å². The van der Waals surface area contributed by atoms with Crippen LogP contribution in [-0.4, -0.2) is 7.11 Å². The largest absolute Gasteiger partial charge is 0.496 e. The average molecular weight is 255 g/mol. The number of nitrogens with one attached hydrogen (secondary N) is 1. The van der Waals surface area contributed by atoms with Crippen LogP contribution in [0.5, 0.6) is 5.75 Å². The normalized spacial score (nSPS) is 10.3. The lowest BCUT2D eigenvalue weighted by Crippen LogP contribution is -2.02. The SMILES string of the molecule is COc1ccc(C)cc1CNc1cc(C)cc(C)c1. The molecule has 0 saturated heterocycles. The lowest BCUT2D eigenvalue weighted by Gasteiger charge is -2.12. The summed E-state index contributed by atoms with van der Waals surface area (Å²) in [5.74, 6) is 0.933. The molecular formula is C17H21NO. The minimum Gasteiger partial charge on any atom is -0.496 e. The van der Waals surface area contributed by atoms with Gasteiger partial charge in [-0.25, -0.2) is 0 Å². The summed E-state index contributed by atoms with van der Waals surface area (Å²) < 4.78 is 5.40. The zero-order valence-electron chi connectivity index (χ0n) is 12.1. The first kappa shape index (κ1) is 13.5. The maximum absolute atomic E-state index is 5.40. The fraction of sp³-hybridized carbons (Fsp3) is 0.294. The zero-order valence-corrected chi connectivity index (χ0v) is 12.1. The summed E-state index contributed by atoms with van der Waals surface area (Å²) in [5, 5.41) is 3.46. The second-order valence-electron chi connectivity index (χ2n) is 5.05. The Morgan fingerprint density at radius 1 is 0.895 bits per heavy atom. The third-order valence-electron chi connectivity index (χ3n) is 3.14. The molecule has 0 atom stereocenters. The van der Waals surface area contributed by atoms with E-state index in [1.165, 1.54) is 22.3 Å². The molecule has 2 aromatic rings. The van der Waals surface area contributed by atoms with E-state index < -0.39 is 0 Å². The topological polar surface area (TPSA) is 21.3 Å². The van der Waals surface area contributed by atoms with Gasteiger partial charge in [0.25, 0.3) is 0 Å². The molecule has 1 N–H and O–H groups in total. The third-order valence-corrected chi connectivity index (χ3v) is 3.14. The van der Waals surface area contributed by atoms with Crippen LogP contribution in [0.3, 0.4) is 0 Å². The lowest BCUT2D eigenvalue weighted by atomic mass is 10.1. The number of aryl methyl sites for hydroxylation is 3. The number of ether oxygens (including phenoxy) is 1. The summed E-state index contributed by atoms with van der Waals surface area (Å²) in [7, 11) is 1.71. The molecule has 100 valence electrons.